The fourth-order valence-electron chi connectivity index (χ4n) is 2.66. The zero-order valence-electron chi connectivity index (χ0n) is 13.9. The first-order valence-electron chi connectivity index (χ1n) is 8.14. The van der Waals surface area contributed by atoms with Gasteiger partial charge in [-0.25, -0.2) is 9.18 Å². The van der Waals surface area contributed by atoms with Gasteiger partial charge in [-0.2, -0.15) is 0 Å². The van der Waals surface area contributed by atoms with E-state index >= 15 is 0 Å². The van der Waals surface area contributed by atoms with Gasteiger partial charge >= 0.3 is 5.97 Å². The Morgan fingerprint density at radius 2 is 1.81 bits per heavy atom. The van der Waals surface area contributed by atoms with Gasteiger partial charge < -0.3 is 14.4 Å². The summed E-state index contributed by atoms with van der Waals surface area (Å²) in [6.45, 7) is 1.73. The number of halogens is 2. The van der Waals surface area contributed by atoms with Crippen molar-refractivity contribution in [3.8, 4) is 0 Å². The van der Waals surface area contributed by atoms with E-state index < -0.39 is 17.9 Å². The molecule has 1 atom stereocenters. The largest absolute Gasteiger partial charge is 0.444 e. The van der Waals surface area contributed by atoms with Crippen LogP contribution in [0.2, 0.25) is 5.02 Å². The highest BCUT2D eigenvalue weighted by Gasteiger charge is 2.31. The summed E-state index contributed by atoms with van der Waals surface area (Å²) in [7, 11) is 0. The maximum Gasteiger partial charge on any atom is 0.340 e. The molecule has 0 saturated carbocycles. The summed E-state index contributed by atoms with van der Waals surface area (Å²) in [5.41, 5.74) is 0.555. The van der Waals surface area contributed by atoms with Crippen molar-refractivity contribution >= 4 is 23.5 Å². The van der Waals surface area contributed by atoms with Gasteiger partial charge in [-0.3, -0.25) is 4.79 Å². The lowest BCUT2D eigenvalue weighted by Crippen LogP contribution is -2.44. The van der Waals surface area contributed by atoms with Crippen LogP contribution in [-0.2, 0) is 14.3 Å². The SMILES string of the molecule is O=C(OC(C(=O)N1CCOCC1)c1ccccc1)c1ccc(F)cc1Cl. The molecule has 0 aliphatic carbocycles. The van der Waals surface area contributed by atoms with E-state index in [1.54, 1.807) is 35.2 Å². The molecule has 2 aromatic carbocycles. The van der Waals surface area contributed by atoms with Gasteiger partial charge in [0.25, 0.3) is 5.91 Å². The lowest BCUT2D eigenvalue weighted by Gasteiger charge is -2.30. The predicted octanol–water partition coefficient (Wildman–Crippen LogP) is 3.24. The summed E-state index contributed by atoms with van der Waals surface area (Å²) in [6, 6.07) is 12.1. The third-order valence-electron chi connectivity index (χ3n) is 4.03. The second-order valence-corrected chi connectivity index (χ2v) is 6.17. The van der Waals surface area contributed by atoms with Gasteiger partial charge in [0.2, 0.25) is 6.10 Å². The van der Waals surface area contributed by atoms with Crippen LogP contribution >= 0.6 is 11.6 Å². The molecule has 1 fully saturated rings. The minimum atomic E-state index is -1.11. The third kappa shape index (κ3) is 4.20. The average molecular weight is 378 g/mol. The number of ether oxygens (including phenoxy) is 2. The van der Waals surface area contributed by atoms with Gasteiger partial charge in [-0.15, -0.1) is 0 Å². The van der Waals surface area contributed by atoms with E-state index in [-0.39, 0.29) is 16.5 Å². The van der Waals surface area contributed by atoms with Gasteiger partial charge in [0.05, 0.1) is 23.8 Å². The number of benzene rings is 2. The van der Waals surface area contributed by atoms with Crippen molar-refractivity contribution in [3.05, 3.63) is 70.5 Å². The van der Waals surface area contributed by atoms with Crippen molar-refractivity contribution in [2.75, 3.05) is 26.3 Å². The molecule has 5 nitrogen and oxygen atoms in total. The second-order valence-electron chi connectivity index (χ2n) is 5.76. The molecule has 0 spiro atoms. The van der Waals surface area contributed by atoms with Gasteiger partial charge in [-0.05, 0) is 18.2 Å². The van der Waals surface area contributed by atoms with E-state index in [9.17, 15) is 14.0 Å². The van der Waals surface area contributed by atoms with Crippen LogP contribution in [0.5, 0.6) is 0 Å². The van der Waals surface area contributed by atoms with E-state index in [2.05, 4.69) is 0 Å². The molecule has 26 heavy (non-hydrogen) atoms. The van der Waals surface area contributed by atoms with Crippen LogP contribution in [0.3, 0.4) is 0 Å². The second kappa shape index (κ2) is 8.29. The normalized spacial score (nSPS) is 15.4. The Morgan fingerprint density at radius 3 is 2.46 bits per heavy atom. The summed E-state index contributed by atoms with van der Waals surface area (Å²) in [6.07, 6.45) is -1.11. The van der Waals surface area contributed by atoms with Crippen LogP contribution in [0.15, 0.2) is 48.5 Å². The van der Waals surface area contributed by atoms with Gasteiger partial charge in [0.15, 0.2) is 0 Å². The number of morpholine rings is 1. The van der Waals surface area contributed by atoms with Crippen molar-refractivity contribution < 1.29 is 23.5 Å². The summed E-state index contributed by atoms with van der Waals surface area (Å²) in [5, 5.41) is -0.0689. The van der Waals surface area contributed by atoms with E-state index in [0.29, 0.717) is 31.9 Å². The topological polar surface area (TPSA) is 55.8 Å². The molecule has 0 bridgehead atoms. The molecule has 7 heteroatoms. The molecule has 0 radical (unpaired) electrons. The Bertz CT molecular complexity index is 793. The summed E-state index contributed by atoms with van der Waals surface area (Å²) >= 11 is 5.93. The Labute approximate surface area is 155 Å². The minimum Gasteiger partial charge on any atom is -0.444 e. The molecule has 1 aliphatic heterocycles. The highest BCUT2D eigenvalue weighted by molar-refractivity contribution is 6.33. The van der Waals surface area contributed by atoms with Crippen molar-refractivity contribution in [2.45, 2.75) is 6.10 Å². The molecule has 3 rings (SSSR count). The maximum atomic E-state index is 13.2. The molecule has 1 saturated heterocycles. The maximum absolute atomic E-state index is 13.2. The molecule has 1 unspecified atom stereocenters. The number of hydrogen-bond acceptors (Lipinski definition) is 4. The molecule has 1 amide bonds. The van der Waals surface area contributed by atoms with Crippen molar-refractivity contribution in [1.29, 1.82) is 0 Å². The van der Waals surface area contributed by atoms with Crippen LogP contribution in [0.4, 0.5) is 4.39 Å². The number of nitrogens with zero attached hydrogens (tertiary/aromatic N) is 1. The zero-order chi connectivity index (χ0) is 18.5. The van der Waals surface area contributed by atoms with Crippen LogP contribution < -0.4 is 0 Å². The minimum absolute atomic E-state index is 0.00350. The van der Waals surface area contributed by atoms with Gasteiger partial charge in [0, 0.05) is 18.7 Å². The van der Waals surface area contributed by atoms with E-state index in [1.807, 2.05) is 0 Å². The lowest BCUT2D eigenvalue weighted by atomic mass is 10.1. The standard InChI is InChI=1S/C19H17ClFNO4/c20-16-12-14(21)6-7-15(16)19(24)26-17(13-4-2-1-3-5-13)18(23)22-8-10-25-11-9-22/h1-7,12,17H,8-11H2. The molecular weight excluding hydrogens is 361 g/mol. The Morgan fingerprint density at radius 1 is 1.12 bits per heavy atom. The first-order valence-corrected chi connectivity index (χ1v) is 8.51. The number of hydrogen-bond donors (Lipinski definition) is 0. The molecule has 1 heterocycles. The molecule has 0 aromatic heterocycles. The van der Waals surface area contributed by atoms with Gasteiger partial charge in [-0.1, -0.05) is 41.9 Å². The molecule has 136 valence electrons. The van der Waals surface area contributed by atoms with Crippen LogP contribution in [0.1, 0.15) is 22.0 Å². The monoisotopic (exact) mass is 377 g/mol. The quantitative estimate of drug-likeness (QED) is 0.768. The fraction of sp³-hybridized carbons (Fsp3) is 0.263. The van der Waals surface area contributed by atoms with Crippen molar-refractivity contribution in [1.82, 2.24) is 4.90 Å². The summed E-state index contributed by atoms with van der Waals surface area (Å²) in [5.74, 6) is -1.67. The van der Waals surface area contributed by atoms with E-state index in [0.717, 1.165) is 12.1 Å². The van der Waals surface area contributed by atoms with Crippen molar-refractivity contribution in [2.24, 2.45) is 0 Å². The molecular formula is C19H17ClFNO4. The summed E-state index contributed by atoms with van der Waals surface area (Å²) in [4.78, 5) is 27.0. The van der Waals surface area contributed by atoms with E-state index in [1.165, 1.54) is 6.07 Å². The zero-order valence-corrected chi connectivity index (χ0v) is 14.6. The first-order chi connectivity index (χ1) is 12.6. The molecule has 0 N–H and O–H groups in total. The highest BCUT2D eigenvalue weighted by Crippen LogP contribution is 2.25. The number of carbonyl (C=O) groups is 2. The Balaban J connectivity index is 1.85. The fourth-order valence-corrected chi connectivity index (χ4v) is 2.91. The lowest BCUT2D eigenvalue weighted by molar-refractivity contribution is -0.145. The predicted molar refractivity (Wildman–Crippen MR) is 93.4 cm³/mol. The summed E-state index contributed by atoms with van der Waals surface area (Å²) < 4.78 is 23.9. The highest BCUT2D eigenvalue weighted by atomic mass is 35.5. The number of esters is 1. The molecule has 2 aromatic rings. The van der Waals surface area contributed by atoms with Crippen molar-refractivity contribution in [3.63, 3.8) is 0 Å². The van der Waals surface area contributed by atoms with Crippen LogP contribution in [0, 0.1) is 5.82 Å². The number of rotatable bonds is 4. The average Bonchev–Trinajstić information content (AvgIpc) is 2.67. The Kier molecular flexibility index (Phi) is 5.85. The smallest absolute Gasteiger partial charge is 0.340 e. The number of carbonyl (C=O) groups excluding carboxylic acids is 2. The van der Waals surface area contributed by atoms with Crippen LogP contribution in [-0.4, -0.2) is 43.1 Å². The first kappa shape index (κ1) is 18.4. The number of amides is 1. The third-order valence-corrected chi connectivity index (χ3v) is 4.34. The van der Waals surface area contributed by atoms with Gasteiger partial charge in [0.1, 0.15) is 5.82 Å². The Hall–Kier alpha value is -2.44. The van der Waals surface area contributed by atoms with Crippen LogP contribution in [0.25, 0.3) is 0 Å². The van der Waals surface area contributed by atoms with E-state index in [4.69, 9.17) is 21.1 Å². The molecule has 1 aliphatic rings.